The molecule has 212 valence electrons. The maximum absolute atomic E-state index is 13.4. The highest BCUT2D eigenvalue weighted by Gasteiger charge is 2.41. The molecular weight excluding hydrogens is 508 g/mol. The van der Waals surface area contributed by atoms with Crippen LogP contribution in [-0.2, 0) is 35.2 Å². The Morgan fingerprint density at radius 1 is 1.13 bits per heavy atom. The molecule has 4 atom stereocenters. The molecule has 0 radical (unpaired) electrons. The molecule has 1 aliphatic heterocycles. The number of nitrogens with two attached hydrogens (primary N) is 2. The van der Waals surface area contributed by atoms with Gasteiger partial charge in [0, 0.05) is 19.5 Å². The van der Waals surface area contributed by atoms with Gasteiger partial charge in [-0.3, -0.25) is 33.8 Å². The van der Waals surface area contributed by atoms with Gasteiger partial charge in [0.1, 0.15) is 12.1 Å². The summed E-state index contributed by atoms with van der Waals surface area (Å²) >= 11 is 0. The molecule has 0 spiro atoms. The first-order valence-corrected chi connectivity index (χ1v) is 12.7. The van der Waals surface area contributed by atoms with E-state index in [-0.39, 0.29) is 50.5 Å². The van der Waals surface area contributed by atoms with Gasteiger partial charge < -0.3 is 32.1 Å². The number of carboxylic acid groups (broad SMARTS) is 1. The SMILES string of the molecule is C[C@H]1CC(C(=O)NC(CCCN=C(N)N)C(=O)C=O)N(C(=O)C(CC(=O)O)NC(=O)CCc2ccccc2)C1. The molecule has 0 saturated carbocycles. The van der Waals surface area contributed by atoms with Crippen LogP contribution in [0.1, 0.15) is 44.6 Å². The average Bonchev–Trinajstić information content (AvgIpc) is 3.29. The van der Waals surface area contributed by atoms with Gasteiger partial charge >= 0.3 is 5.97 Å². The summed E-state index contributed by atoms with van der Waals surface area (Å²) in [5, 5.41) is 14.4. The summed E-state index contributed by atoms with van der Waals surface area (Å²) in [6.45, 7) is 2.16. The molecule has 1 heterocycles. The fourth-order valence-corrected chi connectivity index (χ4v) is 4.42. The Hall–Kier alpha value is -4.29. The van der Waals surface area contributed by atoms with Crippen molar-refractivity contribution in [1.29, 1.82) is 0 Å². The summed E-state index contributed by atoms with van der Waals surface area (Å²) in [6.07, 6.45) is 0.559. The number of aryl methyl sites for hydroxylation is 1. The van der Waals surface area contributed by atoms with E-state index in [0.29, 0.717) is 12.8 Å². The molecule has 0 aromatic heterocycles. The molecule has 1 saturated heterocycles. The lowest BCUT2D eigenvalue weighted by Gasteiger charge is -2.29. The molecule has 1 aromatic rings. The molecule has 0 bridgehead atoms. The van der Waals surface area contributed by atoms with Gasteiger partial charge in [-0.1, -0.05) is 37.3 Å². The zero-order valence-corrected chi connectivity index (χ0v) is 21.9. The molecular formula is C26H36N6O7. The predicted octanol–water partition coefficient (Wildman–Crippen LogP) is -0.878. The number of carbonyl (C=O) groups is 6. The molecule has 3 amide bonds. The third-order valence-electron chi connectivity index (χ3n) is 6.31. The van der Waals surface area contributed by atoms with Gasteiger partial charge in [0.05, 0.1) is 12.5 Å². The van der Waals surface area contributed by atoms with E-state index < -0.39 is 54.0 Å². The normalized spacial score (nSPS) is 17.9. The fraction of sp³-hybridized carbons (Fsp3) is 0.500. The number of likely N-dealkylation sites (tertiary alicyclic amines) is 1. The minimum absolute atomic E-state index is 0.0447. The Kier molecular flexibility index (Phi) is 12.1. The number of rotatable bonds is 15. The zero-order chi connectivity index (χ0) is 28.9. The molecule has 39 heavy (non-hydrogen) atoms. The first-order chi connectivity index (χ1) is 18.5. The molecule has 3 unspecified atom stereocenters. The van der Waals surface area contributed by atoms with Crippen molar-refractivity contribution in [2.75, 3.05) is 13.1 Å². The molecule has 2 rings (SSSR count). The lowest BCUT2D eigenvalue weighted by molar-refractivity contribution is -0.146. The summed E-state index contributed by atoms with van der Waals surface area (Å²) in [6, 6.07) is 5.70. The van der Waals surface area contributed by atoms with Crippen LogP contribution in [-0.4, -0.2) is 82.9 Å². The van der Waals surface area contributed by atoms with Gasteiger partial charge in [0.25, 0.3) is 0 Å². The molecule has 7 N–H and O–H groups in total. The van der Waals surface area contributed by atoms with Crippen molar-refractivity contribution in [2.45, 2.75) is 63.6 Å². The van der Waals surface area contributed by atoms with Gasteiger partial charge in [-0.2, -0.15) is 0 Å². The van der Waals surface area contributed by atoms with Crippen molar-refractivity contribution >= 4 is 41.7 Å². The highest BCUT2D eigenvalue weighted by atomic mass is 16.4. The molecule has 13 nitrogen and oxygen atoms in total. The minimum Gasteiger partial charge on any atom is -0.481 e. The Bertz CT molecular complexity index is 1070. The van der Waals surface area contributed by atoms with Crippen LogP contribution in [0.3, 0.4) is 0 Å². The third-order valence-corrected chi connectivity index (χ3v) is 6.31. The van der Waals surface area contributed by atoms with Gasteiger partial charge in [0.2, 0.25) is 23.5 Å². The van der Waals surface area contributed by atoms with E-state index in [0.717, 1.165) is 5.56 Å². The van der Waals surface area contributed by atoms with E-state index in [2.05, 4.69) is 15.6 Å². The Morgan fingerprint density at radius 2 is 1.82 bits per heavy atom. The van der Waals surface area contributed by atoms with Crippen LogP contribution in [0.25, 0.3) is 0 Å². The van der Waals surface area contributed by atoms with Crippen molar-refractivity contribution < 1.29 is 33.9 Å². The van der Waals surface area contributed by atoms with Crippen LogP contribution in [0, 0.1) is 5.92 Å². The van der Waals surface area contributed by atoms with Gasteiger partial charge in [0.15, 0.2) is 12.2 Å². The average molecular weight is 545 g/mol. The van der Waals surface area contributed by atoms with Crippen LogP contribution < -0.4 is 22.1 Å². The van der Waals surface area contributed by atoms with Gasteiger partial charge in [-0.25, -0.2) is 0 Å². The third kappa shape index (κ3) is 10.2. The maximum Gasteiger partial charge on any atom is 0.305 e. The number of hydrogen-bond acceptors (Lipinski definition) is 7. The topological polar surface area (TPSA) is 214 Å². The number of nitrogens with one attached hydrogen (secondary N) is 2. The highest BCUT2D eigenvalue weighted by Crippen LogP contribution is 2.25. The number of carboxylic acids is 1. The second kappa shape index (κ2) is 15.2. The zero-order valence-electron chi connectivity index (χ0n) is 21.9. The van der Waals surface area contributed by atoms with E-state index in [9.17, 15) is 33.9 Å². The lowest BCUT2D eigenvalue weighted by Crippen LogP contribution is -2.55. The van der Waals surface area contributed by atoms with Gasteiger partial charge in [-0.15, -0.1) is 0 Å². The first kappa shape index (κ1) is 30.9. The van der Waals surface area contributed by atoms with Crippen molar-refractivity contribution in [2.24, 2.45) is 22.4 Å². The van der Waals surface area contributed by atoms with E-state index in [1.54, 1.807) is 0 Å². The van der Waals surface area contributed by atoms with Crippen LogP contribution >= 0.6 is 0 Å². The minimum atomic E-state index is -1.38. The molecule has 0 aliphatic carbocycles. The first-order valence-electron chi connectivity index (χ1n) is 12.7. The lowest BCUT2D eigenvalue weighted by atomic mass is 10.0. The van der Waals surface area contributed by atoms with Crippen LogP contribution in [0.4, 0.5) is 0 Å². The van der Waals surface area contributed by atoms with Crippen molar-refractivity contribution in [3.8, 4) is 0 Å². The summed E-state index contributed by atoms with van der Waals surface area (Å²) < 4.78 is 0. The van der Waals surface area contributed by atoms with Crippen molar-refractivity contribution in [1.82, 2.24) is 15.5 Å². The number of nitrogens with zero attached hydrogens (tertiary/aromatic N) is 2. The number of aliphatic carboxylic acids is 1. The second-order valence-corrected chi connectivity index (χ2v) is 9.58. The summed E-state index contributed by atoms with van der Waals surface area (Å²) in [5.74, 6) is -4.22. The maximum atomic E-state index is 13.4. The standard InChI is InChI=1S/C26H36N6O7/c1-16-12-20(24(38)31-18(21(34)15-33)8-5-11-29-26(27)28)32(14-16)25(39)19(13-23(36)37)30-22(35)10-9-17-6-3-2-4-7-17/h2-4,6-7,15-16,18-20H,5,8-14H2,1H3,(H,30,35)(H,31,38)(H,36,37)(H4,27,28,29)/t16-,18?,19?,20?/m0/s1. The highest BCUT2D eigenvalue weighted by molar-refractivity contribution is 6.28. The van der Waals surface area contributed by atoms with E-state index >= 15 is 0 Å². The monoisotopic (exact) mass is 544 g/mol. The molecule has 13 heteroatoms. The summed E-state index contributed by atoms with van der Waals surface area (Å²) in [4.78, 5) is 78.9. The van der Waals surface area contributed by atoms with Crippen molar-refractivity contribution in [3.63, 3.8) is 0 Å². The number of hydrogen-bond donors (Lipinski definition) is 5. The summed E-state index contributed by atoms with van der Waals surface area (Å²) in [5.41, 5.74) is 11.5. The smallest absolute Gasteiger partial charge is 0.305 e. The molecule has 1 aromatic carbocycles. The number of amides is 3. The fourth-order valence-electron chi connectivity index (χ4n) is 4.42. The number of aldehydes is 1. The Balaban J connectivity index is 2.10. The van der Waals surface area contributed by atoms with Gasteiger partial charge in [-0.05, 0) is 37.2 Å². The molecule has 1 fully saturated rings. The predicted molar refractivity (Wildman–Crippen MR) is 141 cm³/mol. The largest absolute Gasteiger partial charge is 0.481 e. The van der Waals surface area contributed by atoms with E-state index in [1.807, 2.05) is 37.3 Å². The number of aliphatic imine (C=N–C) groups is 1. The van der Waals surface area contributed by atoms with E-state index in [1.165, 1.54) is 4.90 Å². The number of Topliss-reactive ketones (excluding diaryl/α,β-unsaturated/α-hetero) is 1. The van der Waals surface area contributed by atoms with Crippen molar-refractivity contribution in [3.05, 3.63) is 35.9 Å². The second-order valence-electron chi connectivity index (χ2n) is 9.58. The number of carbonyl (C=O) groups excluding carboxylic acids is 5. The molecule has 1 aliphatic rings. The van der Waals surface area contributed by atoms with Crippen LogP contribution in [0.2, 0.25) is 0 Å². The number of guanidine groups is 1. The van der Waals surface area contributed by atoms with Crippen LogP contribution in [0.5, 0.6) is 0 Å². The Labute approximate surface area is 226 Å². The quantitative estimate of drug-likeness (QED) is 0.0608. The Morgan fingerprint density at radius 3 is 2.44 bits per heavy atom. The number of ketones is 1. The number of benzene rings is 1. The van der Waals surface area contributed by atoms with Crippen LogP contribution in [0.15, 0.2) is 35.3 Å². The van der Waals surface area contributed by atoms with E-state index in [4.69, 9.17) is 11.5 Å². The summed E-state index contributed by atoms with van der Waals surface area (Å²) in [7, 11) is 0.